The number of aromatic nitrogens is 4. The Bertz CT molecular complexity index is 907. The molecule has 7 nitrogen and oxygen atoms in total. The SMILES string of the molecule is CC(C1CC1)n1cc(NC(=O)NCc2ccc3c(c2)ncn3C)cn1. The first kappa shape index (κ1) is 15.7. The molecule has 7 heteroatoms. The molecule has 1 fully saturated rings. The molecule has 1 atom stereocenters. The molecule has 2 N–H and O–H groups in total. The van der Waals surface area contributed by atoms with E-state index < -0.39 is 0 Å². The first-order chi connectivity index (χ1) is 12.1. The molecule has 25 heavy (non-hydrogen) atoms. The fraction of sp³-hybridized carbons (Fsp3) is 0.389. The van der Waals surface area contributed by atoms with Crippen LogP contribution in [-0.4, -0.2) is 25.4 Å². The fourth-order valence-electron chi connectivity index (χ4n) is 3.07. The van der Waals surface area contributed by atoms with Crippen molar-refractivity contribution in [3.63, 3.8) is 0 Å². The van der Waals surface area contributed by atoms with Crippen LogP contribution in [0, 0.1) is 5.92 Å². The molecule has 0 saturated heterocycles. The molecule has 4 rings (SSSR count). The number of carbonyl (C=O) groups excluding carboxylic acids is 1. The number of rotatable bonds is 5. The van der Waals surface area contributed by atoms with Crippen molar-refractivity contribution < 1.29 is 4.79 Å². The molecule has 1 aromatic carbocycles. The Morgan fingerprint density at radius 3 is 3.04 bits per heavy atom. The maximum atomic E-state index is 12.1. The Labute approximate surface area is 146 Å². The number of aryl methyl sites for hydroxylation is 1. The van der Waals surface area contributed by atoms with Gasteiger partial charge in [-0.1, -0.05) is 6.07 Å². The summed E-state index contributed by atoms with van der Waals surface area (Å²) >= 11 is 0. The van der Waals surface area contributed by atoms with E-state index in [-0.39, 0.29) is 6.03 Å². The molecule has 1 saturated carbocycles. The van der Waals surface area contributed by atoms with Crippen molar-refractivity contribution in [1.29, 1.82) is 0 Å². The number of nitrogens with one attached hydrogen (secondary N) is 2. The summed E-state index contributed by atoms with van der Waals surface area (Å²) in [5.74, 6) is 0.725. The van der Waals surface area contributed by atoms with E-state index >= 15 is 0 Å². The highest BCUT2D eigenvalue weighted by Gasteiger charge is 2.29. The number of hydrogen-bond donors (Lipinski definition) is 2. The molecular formula is C18H22N6O. The van der Waals surface area contributed by atoms with Crippen LogP contribution in [0.1, 0.15) is 31.4 Å². The highest BCUT2D eigenvalue weighted by atomic mass is 16.2. The maximum absolute atomic E-state index is 12.1. The summed E-state index contributed by atoms with van der Waals surface area (Å²) in [5, 5.41) is 10.1. The molecule has 130 valence electrons. The summed E-state index contributed by atoms with van der Waals surface area (Å²) in [6.45, 7) is 2.62. The lowest BCUT2D eigenvalue weighted by molar-refractivity contribution is 0.251. The van der Waals surface area contributed by atoms with Crippen LogP contribution in [0.5, 0.6) is 0 Å². The van der Waals surface area contributed by atoms with Crippen LogP contribution in [0.2, 0.25) is 0 Å². The molecule has 0 aliphatic heterocycles. The second-order valence-corrected chi connectivity index (χ2v) is 6.77. The van der Waals surface area contributed by atoms with Crippen molar-refractivity contribution in [1.82, 2.24) is 24.6 Å². The number of imidazole rings is 1. The summed E-state index contributed by atoms with van der Waals surface area (Å²) in [7, 11) is 1.96. The van der Waals surface area contributed by atoms with Crippen LogP contribution in [0.4, 0.5) is 10.5 Å². The van der Waals surface area contributed by atoms with Gasteiger partial charge in [-0.05, 0) is 43.4 Å². The topological polar surface area (TPSA) is 76.8 Å². The standard InChI is InChI=1S/C18H22N6O/c1-12(14-4-5-14)24-10-15(9-21-24)22-18(25)19-8-13-3-6-17-16(7-13)20-11-23(17)2/h3,6-7,9-12,14H,4-5,8H2,1-2H3,(H2,19,22,25). The van der Waals surface area contributed by atoms with Crippen molar-refractivity contribution in [2.45, 2.75) is 32.4 Å². The first-order valence-corrected chi connectivity index (χ1v) is 8.59. The van der Waals surface area contributed by atoms with Crippen molar-refractivity contribution in [3.8, 4) is 0 Å². The predicted molar refractivity (Wildman–Crippen MR) is 96.2 cm³/mol. The van der Waals surface area contributed by atoms with Gasteiger partial charge in [0.25, 0.3) is 0 Å². The van der Waals surface area contributed by atoms with E-state index in [0.717, 1.165) is 22.5 Å². The second kappa shape index (κ2) is 6.23. The van der Waals surface area contributed by atoms with Gasteiger partial charge in [0.05, 0.1) is 35.3 Å². The highest BCUT2D eigenvalue weighted by Crippen LogP contribution is 2.39. The van der Waals surface area contributed by atoms with Crippen molar-refractivity contribution in [2.75, 3.05) is 5.32 Å². The molecule has 1 unspecified atom stereocenters. The van der Waals surface area contributed by atoms with E-state index in [1.807, 2.05) is 40.7 Å². The zero-order valence-corrected chi connectivity index (χ0v) is 14.4. The van der Waals surface area contributed by atoms with Crippen molar-refractivity contribution in [3.05, 3.63) is 42.5 Å². The van der Waals surface area contributed by atoms with E-state index in [1.54, 1.807) is 12.5 Å². The average Bonchev–Trinajstić information content (AvgIpc) is 3.26. The highest BCUT2D eigenvalue weighted by molar-refractivity contribution is 5.89. The van der Waals surface area contributed by atoms with Gasteiger partial charge in [0.2, 0.25) is 0 Å². The van der Waals surface area contributed by atoms with Crippen LogP contribution in [0.3, 0.4) is 0 Å². The van der Waals surface area contributed by atoms with Crippen molar-refractivity contribution in [2.24, 2.45) is 13.0 Å². The Hall–Kier alpha value is -2.83. The smallest absolute Gasteiger partial charge is 0.319 e. The number of carbonyl (C=O) groups is 1. The van der Waals surface area contributed by atoms with Gasteiger partial charge < -0.3 is 15.2 Å². The zero-order chi connectivity index (χ0) is 17.4. The minimum Gasteiger partial charge on any atom is -0.334 e. The lowest BCUT2D eigenvalue weighted by Crippen LogP contribution is -2.28. The largest absolute Gasteiger partial charge is 0.334 e. The summed E-state index contributed by atoms with van der Waals surface area (Å²) < 4.78 is 3.90. The van der Waals surface area contributed by atoms with Gasteiger partial charge in [0, 0.05) is 19.8 Å². The third-order valence-corrected chi connectivity index (χ3v) is 4.82. The zero-order valence-electron chi connectivity index (χ0n) is 14.4. The summed E-state index contributed by atoms with van der Waals surface area (Å²) in [6.07, 6.45) is 7.91. The number of hydrogen-bond acceptors (Lipinski definition) is 3. The van der Waals surface area contributed by atoms with Gasteiger partial charge in [-0.25, -0.2) is 9.78 Å². The van der Waals surface area contributed by atoms with Gasteiger partial charge in [0.15, 0.2) is 0 Å². The van der Waals surface area contributed by atoms with Crippen LogP contribution in [-0.2, 0) is 13.6 Å². The number of benzene rings is 1. The molecule has 2 amide bonds. The summed E-state index contributed by atoms with van der Waals surface area (Å²) in [4.78, 5) is 16.4. The van der Waals surface area contributed by atoms with Gasteiger partial charge >= 0.3 is 6.03 Å². The predicted octanol–water partition coefficient (Wildman–Crippen LogP) is 3.06. The molecule has 2 aromatic heterocycles. The van der Waals surface area contributed by atoms with E-state index in [2.05, 4.69) is 27.6 Å². The van der Waals surface area contributed by atoms with E-state index in [9.17, 15) is 4.79 Å². The molecule has 1 aliphatic carbocycles. The third kappa shape index (κ3) is 3.35. The monoisotopic (exact) mass is 338 g/mol. The van der Waals surface area contributed by atoms with Gasteiger partial charge in [-0.3, -0.25) is 4.68 Å². The summed E-state index contributed by atoms with van der Waals surface area (Å²) in [5.41, 5.74) is 3.73. The van der Waals surface area contributed by atoms with E-state index in [4.69, 9.17) is 0 Å². The molecule has 2 heterocycles. The Morgan fingerprint density at radius 2 is 2.24 bits per heavy atom. The number of amides is 2. The van der Waals surface area contributed by atoms with Crippen molar-refractivity contribution >= 4 is 22.8 Å². The molecule has 0 spiro atoms. The Morgan fingerprint density at radius 1 is 1.40 bits per heavy atom. The first-order valence-electron chi connectivity index (χ1n) is 8.59. The minimum absolute atomic E-state index is 0.236. The number of anilines is 1. The second-order valence-electron chi connectivity index (χ2n) is 6.77. The molecular weight excluding hydrogens is 316 g/mol. The lowest BCUT2D eigenvalue weighted by atomic mass is 10.2. The Kier molecular flexibility index (Phi) is 3.91. The average molecular weight is 338 g/mol. The van der Waals surface area contributed by atoms with Crippen LogP contribution < -0.4 is 10.6 Å². The van der Waals surface area contributed by atoms with Crippen LogP contribution in [0.15, 0.2) is 36.9 Å². The number of fused-ring (bicyclic) bond motifs is 1. The number of nitrogens with zero attached hydrogens (tertiary/aromatic N) is 4. The lowest BCUT2D eigenvalue weighted by Gasteiger charge is -2.10. The molecule has 0 bridgehead atoms. The molecule has 0 radical (unpaired) electrons. The van der Waals surface area contributed by atoms with E-state index in [0.29, 0.717) is 18.3 Å². The maximum Gasteiger partial charge on any atom is 0.319 e. The Balaban J connectivity index is 1.33. The molecule has 1 aliphatic rings. The van der Waals surface area contributed by atoms with Gasteiger partial charge in [-0.15, -0.1) is 0 Å². The fourth-order valence-corrected chi connectivity index (χ4v) is 3.07. The minimum atomic E-state index is -0.236. The molecule has 3 aromatic rings. The third-order valence-electron chi connectivity index (χ3n) is 4.82. The van der Waals surface area contributed by atoms with Gasteiger partial charge in [0.1, 0.15) is 0 Å². The summed E-state index contributed by atoms with van der Waals surface area (Å²) in [6, 6.07) is 6.16. The normalized spacial score (nSPS) is 15.3. The quantitative estimate of drug-likeness (QED) is 0.750. The van der Waals surface area contributed by atoms with Gasteiger partial charge in [-0.2, -0.15) is 5.10 Å². The van der Waals surface area contributed by atoms with E-state index in [1.165, 1.54) is 12.8 Å². The van der Waals surface area contributed by atoms with Crippen LogP contribution in [0.25, 0.3) is 11.0 Å². The number of urea groups is 1. The van der Waals surface area contributed by atoms with Crippen LogP contribution >= 0.6 is 0 Å².